The summed E-state index contributed by atoms with van der Waals surface area (Å²) in [5.41, 5.74) is 1.08. The van der Waals surface area contributed by atoms with E-state index in [-0.39, 0.29) is 0 Å². The fourth-order valence-corrected chi connectivity index (χ4v) is 1.70. The maximum absolute atomic E-state index is 5.65. The van der Waals surface area contributed by atoms with Crippen LogP contribution in [0.15, 0.2) is 27.2 Å². The molecule has 0 bridgehead atoms. The summed E-state index contributed by atoms with van der Waals surface area (Å²) in [6, 6.07) is 5.90. The molecule has 0 unspecified atom stereocenters. The van der Waals surface area contributed by atoms with Gasteiger partial charge in [0.05, 0.1) is 0 Å². The average molecular weight is 297 g/mol. The van der Waals surface area contributed by atoms with Crippen LogP contribution in [-0.2, 0) is 13.0 Å². The highest BCUT2D eigenvalue weighted by Gasteiger charge is 2.06. The lowest BCUT2D eigenvalue weighted by atomic mass is 10.2. The number of hydrogen-bond donors (Lipinski definition) is 0. The number of aryl methyl sites for hydroxylation is 2. The van der Waals surface area contributed by atoms with E-state index in [9.17, 15) is 0 Å². The maximum Gasteiger partial charge on any atom is 0.226 e. The predicted octanol–water partition coefficient (Wildman–Crippen LogP) is 3.28. The van der Waals surface area contributed by atoms with Crippen LogP contribution in [0, 0.1) is 6.92 Å². The lowest BCUT2D eigenvalue weighted by Gasteiger charge is -2.07. The zero-order valence-electron chi connectivity index (χ0n) is 9.74. The molecule has 5 heteroatoms. The van der Waals surface area contributed by atoms with Crippen LogP contribution < -0.4 is 4.74 Å². The van der Waals surface area contributed by atoms with Crippen LogP contribution in [-0.4, -0.2) is 10.1 Å². The fraction of sp³-hybridized carbons (Fsp3) is 0.333. The second-order valence-electron chi connectivity index (χ2n) is 3.66. The van der Waals surface area contributed by atoms with Gasteiger partial charge in [0.2, 0.25) is 11.7 Å². The number of benzene rings is 1. The molecule has 1 aromatic heterocycles. The lowest BCUT2D eigenvalue weighted by molar-refractivity contribution is 0.283. The highest BCUT2D eigenvalue weighted by molar-refractivity contribution is 9.10. The van der Waals surface area contributed by atoms with Crippen molar-refractivity contribution in [2.24, 2.45) is 0 Å². The summed E-state index contributed by atoms with van der Waals surface area (Å²) in [6.45, 7) is 4.28. The Morgan fingerprint density at radius 2 is 2.24 bits per heavy atom. The number of hydrogen-bond acceptors (Lipinski definition) is 4. The third-order valence-electron chi connectivity index (χ3n) is 2.32. The molecular formula is C12H13BrN2O2. The van der Waals surface area contributed by atoms with Crippen LogP contribution in [0.25, 0.3) is 0 Å². The van der Waals surface area contributed by atoms with Crippen molar-refractivity contribution in [2.75, 3.05) is 0 Å². The minimum atomic E-state index is 0.320. The van der Waals surface area contributed by atoms with E-state index < -0.39 is 0 Å². The Hall–Kier alpha value is -1.36. The van der Waals surface area contributed by atoms with Crippen LogP contribution in [0.2, 0.25) is 0 Å². The van der Waals surface area contributed by atoms with Crippen LogP contribution in [0.4, 0.5) is 0 Å². The number of halogens is 1. The molecule has 0 saturated heterocycles. The van der Waals surface area contributed by atoms with E-state index in [1.165, 1.54) is 0 Å². The molecule has 0 aliphatic carbocycles. The molecule has 4 nitrogen and oxygen atoms in total. The molecule has 0 atom stereocenters. The first-order chi connectivity index (χ1) is 8.19. The molecule has 2 rings (SSSR count). The lowest BCUT2D eigenvalue weighted by Crippen LogP contribution is -1.99. The van der Waals surface area contributed by atoms with Crippen molar-refractivity contribution in [3.8, 4) is 5.75 Å². The molecular weight excluding hydrogens is 284 g/mol. The molecule has 0 N–H and O–H groups in total. The Kier molecular flexibility index (Phi) is 3.78. The van der Waals surface area contributed by atoms with E-state index >= 15 is 0 Å². The summed E-state index contributed by atoms with van der Waals surface area (Å²) in [4.78, 5) is 4.18. The van der Waals surface area contributed by atoms with Gasteiger partial charge in [0, 0.05) is 10.9 Å². The van der Waals surface area contributed by atoms with Crippen molar-refractivity contribution in [3.05, 3.63) is 40.0 Å². The van der Waals surface area contributed by atoms with Gasteiger partial charge in [0.25, 0.3) is 0 Å². The molecule has 2 aromatic rings. The molecule has 0 aliphatic rings. The van der Waals surface area contributed by atoms with Gasteiger partial charge in [-0.3, -0.25) is 0 Å². The minimum absolute atomic E-state index is 0.320. The van der Waals surface area contributed by atoms with Gasteiger partial charge in [-0.25, -0.2) is 0 Å². The number of rotatable bonds is 4. The number of aromatic nitrogens is 2. The van der Waals surface area contributed by atoms with Crippen LogP contribution in [0.5, 0.6) is 5.75 Å². The summed E-state index contributed by atoms with van der Waals surface area (Å²) in [5, 5.41) is 3.83. The van der Waals surface area contributed by atoms with Crippen LogP contribution in [0.1, 0.15) is 24.2 Å². The summed E-state index contributed by atoms with van der Waals surface area (Å²) < 4.78 is 11.6. The largest absolute Gasteiger partial charge is 0.485 e. The van der Waals surface area contributed by atoms with E-state index in [0.717, 1.165) is 22.2 Å². The van der Waals surface area contributed by atoms with Crippen molar-refractivity contribution in [3.63, 3.8) is 0 Å². The molecule has 17 heavy (non-hydrogen) atoms. The van der Waals surface area contributed by atoms with Crippen LogP contribution >= 0.6 is 15.9 Å². The molecule has 1 aromatic carbocycles. The van der Waals surface area contributed by atoms with Gasteiger partial charge >= 0.3 is 0 Å². The van der Waals surface area contributed by atoms with Crippen LogP contribution in [0.3, 0.4) is 0 Å². The summed E-state index contributed by atoms with van der Waals surface area (Å²) in [6.07, 6.45) is 0.739. The Morgan fingerprint density at radius 1 is 1.41 bits per heavy atom. The highest BCUT2D eigenvalue weighted by atomic mass is 79.9. The van der Waals surface area contributed by atoms with Gasteiger partial charge in [0.15, 0.2) is 6.61 Å². The SMILES string of the molecule is CCc1nc(COc2cc(Br)ccc2C)no1. The van der Waals surface area contributed by atoms with E-state index in [1.807, 2.05) is 32.0 Å². The van der Waals surface area contributed by atoms with Gasteiger partial charge in [-0.2, -0.15) is 4.98 Å². The Bertz CT molecular complexity index is 511. The first kappa shape index (κ1) is 12.1. The molecule has 0 aliphatic heterocycles. The summed E-state index contributed by atoms with van der Waals surface area (Å²) >= 11 is 3.41. The fourth-order valence-electron chi connectivity index (χ4n) is 1.36. The molecule has 0 fully saturated rings. The molecule has 0 radical (unpaired) electrons. The van der Waals surface area contributed by atoms with E-state index in [4.69, 9.17) is 9.26 Å². The Morgan fingerprint density at radius 3 is 2.94 bits per heavy atom. The van der Waals surface area contributed by atoms with E-state index in [0.29, 0.717) is 18.3 Å². The number of nitrogens with zero attached hydrogens (tertiary/aromatic N) is 2. The second-order valence-corrected chi connectivity index (χ2v) is 4.57. The van der Waals surface area contributed by atoms with Gasteiger partial charge in [-0.1, -0.05) is 34.1 Å². The third kappa shape index (κ3) is 3.06. The molecule has 1 heterocycles. The second kappa shape index (κ2) is 5.31. The van der Waals surface area contributed by atoms with Crippen molar-refractivity contribution >= 4 is 15.9 Å². The standard InChI is InChI=1S/C12H13BrN2O2/c1-3-12-14-11(15-17-12)7-16-10-6-9(13)5-4-8(10)2/h4-6H,3,7H2,1-2H3. The normalized spacial score (nSPS) is 10.5. The van der Waals surface area contributed by atoms with Crippen molar-refractivity contribution in [1.82, 2.24) is 10.1 Å². The van der Waals surface area contributed by atoms with E-state index in [2.05, 4.69) is 26.1 Å². The maximum atomic E-state index is 5.65. The zero-order chi connectivity index (χ0) is 12.3. The number of ether oxygens (including phenoxy) is 1. The first-order valence-corrected chi connectivity index (χ1v) is 6.18. The molecule has 0 saturated carbocycles. The topological polar surface area (TPSA) is 48.2 Å². The van der Waals surface area contributed by atoms with Gasteiger partial charge in [0.1, 0.15) is 5.75 Å². The quantitative estimate of drug-likeness (QED) is 0.869. The van der Waals surface area contributed by atoms with Gasteiger partial charge in [-0.05, 0) is 24.6 Å². The Balaban J connectivity index is 2.04. The van der Waals surface area contributed by atoms with Crippen molar-refractivity contribution in [1.29, 1.82) is 0 Å². The van der Waals surface area contributed by atoms with Crippen molar-refractivity contribution < 1.29 is 9.26 Å². The monoisotopic (exact) mass is 296 g/mol. The minimum Gasteiger partial charge on any atom is -0.485 e. The zero-order valence-corrected chi connectivity index (χ0v) is 11.3. The summed E-state index contributed by atoms with van der Waals surface area (Å²) in [5.74, 6) is 2.03. The third-order valence-corrected chi connectivity index (χ3v) is 2.81. The molecule has 0 spiro atoms. The smallest absolute Gasteiger partial charge is 0.226 e. The van der Waals surface area contributed by atoms with E-state index in [1.54, 1.807) is 0 Å². The van der Waals surface area contributed by atoms with Crippen molar-refractivity contribution in [2.45, 2.75) is 26.9 Å². The molecule has 0 amide bonds. The van der Waals surface area contributed by atoms with Gasteiger partial charge < -0.3 is 9.26 Å². The summed E-state index contributed by atoms with van der Waals surface area (Å²) in [7, 11) is 0. The average Bonchev–Trinajstić information content (AvgIpc) is 2.78. The molecule has 90 valence electrons. The highest BCUT2D eigenvalue weighted by Crippen LogP contribution is 2.23. The predicted molar refractivity (Wildman–Crippen MR) is 66.9 cm³/mol. The Labute approximate surface area is 108 Å². The first-order valence-electron chi connectivity index (χ1n) is 5.39. The van der Waals surface area contributed by atoms with Gasteiger partial charge in [-0.15, -0.1) is 0 Å².